The molecule has 3 aromatic carbocycles. The van der Waals surface area contributed by atoms with E-state index in [9.17, 15) is 4.79 Å². The van der Waals surface area contributed by atoms with Crippen LogP contribution in [0.25, 0.3) is 0 Å². The lowest BCUT2D eigenvalue weighted by molar-refractivity contribution is 0.109. The molecule has 0 spiro atoms. The fourth-order valence-electron chi connectivity index (χ4n) is 3.44. The predicted octanol–water partition coefficient (Wildman–Crippen LogP) is 6.16. The van der Waals surface area contributed by atoms with Crippen molar-refractivity contribution in [2.75, 3.05) is 11.9 Å². The number of rotatable bonds is 4. The van der Waals surface area contributed by atoms with Gasteiger partial charge in [0.05, 0.1) is 11.4 Å². The number of aryl methyl sites for hydroxylation is 2. The minimum atomic E-state index is -0.719. The second-order valence-electron chi connectivity index (χ2n) is 6.76. The van der Waals surface area contributed by atoms with E-state index in [2.05, 4.69) is 60.4 Å². The largest absolute Gasteiger partial charge is 0.514 e. The van der Waals surface area contributed by atoms with Crippen molar-refractivity contribution in [2.45, 2.75) is 28.5 Å². The predicted molar refractivity (Wildman–Crippen MR) is 116 cm³/mol. The summed E-state index contributed by atoms with van der Waals surface area (Å²) in [5.41, 5.74) is 4.05. The summed E-state index contributed by atoms with van der Waals surface area (Å²) in [7, 11) is -0.252. The van der Waals surface area contributed by atoms with Crippen molar-refractivity contribution in [2.24, 2.45) is 0 Å². The first kappa shape index (κ1) is 19.2. The van der Waals surface area contributed by atoms with E-state index in [1.54, 1.807) is 0 Å². The Morgan fingerprint density at radius 3 is 2.10 bits per heavy atom. The van der Waals surface area contributed by atoms with Gasteiger partial charge in [0.25, 0.3) is 0 Å². The number of ether oxygens (including phenoxy) is 2. The highest BCUT2D eigenvalue weighted by molar-refractivity contribution is 7.97. The summed E-state index contributed by atoms with van der Waals surface area (Å²) in [4.78, 5) is 15.6. The van der Waals surface area contributed by atoms with Crippen LogP contribution in [0.2, 0.25) is 0 Å². The Kier molecular flexibility index (Phi) is 5.32. The van der Waals surface area contributed by atoms with E-state index in [0.29, 0.717) is 5.75 Å². The zero-order valence-corrected chi connectivity index (χ0v) is 17.2. The Morgan fingerprint density at radius 2 is 1.55 bits per heavy atom. The van der Waals surface area contributed by atoms with Crippen LogP contribution in [-0.4, -0.2) is 12.8 Å². The van der Waals surface area contributed by atoms with Gasteiger partial charge >= 0.3 is 6.16 Å². The van der Waals surface area contributed by atoms with Crippen LogP contribution in [0.3, 0.4) is 0 Å². The highest BCUT2D eigenvalue weighted by Crippen LogP contribution is 2.45. The fourth-order valence-corrected chi connectivity index (χ4v) is 5.88. The second kappa shape index (κ2) is 8.05. The van der Waals surface area contributed by atoms with Gasteiger partial charge in [-0.2, -0.15) is 0 Å². The van der Waals surface area contributed by atoms with E-state index < -0.39 is 6.16 Å². The van der Waals surface area contributed by atoms with E-state index in [-0.39, 0.29) is 17.5 Å². The summed E-state index contributed by atoms with van der Waals surface area (Å²) in [6, 6.07) is 21.0. The van der Waals surface area contributed by atoms with E-state index in [4.69, 9.17) is 9.47 Å². The van der Waals surface area contributed by atoms with Gasteiger partial charge in [-0.05, 0) is 49.2 Å². The molecule has 5 heteroatoms. The van der Waals surface area contributed by atoms with Gasteiger partial charge in [-0.3, -0.25) is 0 Å². The topological polar surface area (TPSA) is 47.6 Å². The number of benzene rings is 3. The van der Waals surface area contributed by atoms with Crippen LogP contribution in [0.4, 0.5) is 16.2 Å². The van der Waals surface area contributed by atoms with Crippen LogP contribution in [-0.2, 0) is 15.6 Å². The first-order chi connectivity index (χ1) is 14.1. The van der Waals surface area contributed by atoms with Crippen molar-refractivity contribution in [3.05, 3.63) is 84.4 Å². The Balaban J connectivity index is 1.76. The first-order valence-corrected chi connectivity index (χ1v) is 10.6. The van der Waals surface area contributed by atoms with E-state index in [1.807, 2.05) is 26.0 Å². The van der Waals surface area contributed by atoms with Gasteiger partial charge in [-0.25, -0.2) is 4.79 Å². The molecule has 1 aliphatic heterocycles. The van der Waals surface area contributed by atoms with Crippen molar-refractivity contribution in [3.63, 3.8) is 0 Å². The van der Waals surface area contributed by atoms with Crippen molar-refractivity contribution in [3.8, 4) is 5.75 Å². The average molecular weight is 405 g/mol. The maximum Gasteiger partial charge on any atom is 0.514 e. The maximum atomic E-state index is 11.9. The molecule has 0 bridgehead atoms. The third kappa shape index (κ3) is 3.74. The Bertz CT molecular complexity index is 1020. The molecule has 0 atom stereocenters. The van der Waals surface area contributed by atoms with Crippen LogP contribution >= 0.6 is 0 Å². The minimum absolute atomic E-state index is 0.124. The number of fused-ring (bicyclic) bond motifs is 2. The lowest BCUT2D eigenvalue weighted by Crippen LogP contribution is -2.16. The quantitative estimate of drug-likeness (QED) is 0.192. The van der Waals surface area contributed by atoms with Gasteiger partial charge < -0.3 is 14.8 Å². The van der Waals surface area contributed by atoms with Crippen LogP contribution in [0.15, 0.2) is 88.0 Å². The number of carbonyl (C=O) groups excluding carboxylic acids is 1. The molecular weight excluding hydrogens is 382 g/mol. The SMILES string of the molecule is C=CCOC(=O)Oc1c(C)cc([S+]2c3ccccc3Nc3ccccc32)cc1C. The molecule has 146 valence electrons. The lowest BCUT2D eigenvalue weighted by atomic mass is 10.1. The van der Waals surface area contributed by atoms with Crippen molar-refractivity contribution >= 4 is 28.4 Å². The third-order valence-corrected chi connectivity index (χ3v) is 6.96. The van der Waals surface area contributed by atoms with Crippen LogP contribution in [0.5, 0.6) is 5.75 Å². The molecule has 3 aromatic rings. The van der Waals surface area contributed by atoms with Crippen molar-refractivity contribution in [1.82, 2.24) is 0 Å². The normalized spacial score (nSPS) is 12.3. The Morgan fingerprint density at radius 1 is 1.00 bits per heavy atom. The summed E-state index contributed by atoms with van der Waals surface area (Å²) >= 11 is 0. The number of nitrogens with one attached hydrogen (secondary N) is 1. The number of para-hydroxylation sites is 2. The second-order valence-corrected chi connectivity index (χ2v) is 8.72. The Hall–Kier alpha value is -3.18. The van der Waals surface area contributed by atoms with E-state index in [0.717, 1.165) is 22.5 Å². The lowest BCUT2D eigenvalue weighted by Gasteiger charge is -2.21. The summed E-state index contributed by atoms with van der Waals surface area (Å²) < 4.78 is 10.4. The molecule has 0 radical (unpaired) electrons. The third-order valence-electron chi connectivity index (χ3n) is 4.66. The van der Waals surface area contributed by atoms with Gasteiger partial charge in [0.2, 0.25) is 0 Å². The highest BCUT2D eigenvalue weighted by Gasteiger charge is 2.38. The molecule has 29 heavy (non-hydrogen) atoms. The molecule has 0 saturated carbocycles. The van der Waals surface area contributed by atoms with Gasteiger partial charge in [-0.15, -0.1) is 0 Å². The summed E-state index contributed by atoms with van der Waals surface area (Å²) in [5.74, 6) is 0.545. The summed E-state index contributed by atoms with van der Waals surface area (Å²) in [6.07, 6.45) is 0.792. The van der Waals surface area contributed by atoms with Crippen molar-refractivity contribution in [1.29, 1.82) is 0 Å². The van der Waals surface area contributed by atoms with E-state index >= 15 is 0 Å². The number of hydrogen-bond donors (Lipinski definition) is 1. The molecule has 1 aliphatic rings. The Labute approximate surface area is 173 Å². The average Bonchev–Trinajstić information content (AvgIpc) is 2.72. The molecule has 0 unspecified atom stereocenters. The van der Waals surface area contributed by atoms with E-state index in [1.165, 1.54) is 20.8 Å². The number of carbonyl (C=O) groups is 1. The molecule has 0 amide bonds. The number of hydrogen-bond acceptors (Lipinski definition) is 4. The summed E-state index contributed by atoms with van der Waals surface area (Å²) in [5, 5.41) is 3.54. The molecule has 0 fully saturated rings. The zero-order chi connectivity index (χ0) is 20.4. The molecule has 0 aliphatic carbocycles. The fraction of sp³-hybridized carbons (Fsp3) is 0.125. The molecule has 0 aromatic heterocycles. The smallest absolute Gasteiger partial charge is 0.430 e. The minimum Gasteiger partial charge on any atom is -0.430 e. The number of anilines is 2. The zero-order valence-electron chi connectivity index (χ0n) is 16.4. The molecule has 1 N–H and O–H groups in total. The standard InChI is InChI=1S/C24H22NO3S/c1-4-13-27-24(26)28-23-16(2)14-18(15-17(23)3)29-21-11-7-5-9-19(21)25-20-10-6-8-12-22(20)29/h4-12,14-15,25H,1,13H2,2-3H3/q+1. The molecule has 4 rings (SSSR count). The molecule has 0 saturated heterocycles. The van der Waals surface area contributed by atoms with Gasteiger partial charge in [0.1, 0.15) is 23.3 Å². The molecular formula is C24H22NO3S+. The first-order valence-electron chi connectivity index (χ1n) is 9.34. The van der Waals surface area contributed by atoms with Gasteiger partial charge in [0, 0.05) is 12.1 Å². The molecule has 1 heterocycles. The monoisotopic (exact) mass is 404 g/mol. The molecule has 4 nitrogen and oxygen atoms in total. The van der Waals surface area contributed by atoms with Crippen LogP contribution < -0.4 is 10.1 Å². The van der Waals surface area contributed by atoms with Crippen LogP contribution in [0.1, 0.15) is 11.1 Å². The summed E-state index contributed by atoms with van der Waals surface area (Å²) in [6.45, 7) is 7.57. The van der Waals surface area contributed by atoms with Crippen molar-refractivity contribution < 1.29 is 14.3 Å². The van der Waals surface area contributed by atoms with Crippen LogP contribution in [0, 0.1) is 13.8 Å². The maximum absolute atomic E-state index is 11.9. The highest BCUT2D eigenvalue weighted by atomic mass is 32.2. The van der Waals surface area contributed by atoms with Gasteiger partial charge in [0.15, 0.2) is 14.7 Å². The van der Waals surface area contributed by atoms with Gasteiger partial charge in [-0.1, -0.05) is 36.9 Å².